The minimum atomic E-state index is 0.179. The Balaban J connectivity index is 1.49. The van der Waals surface area contributed by atoms with E-state index in [0.29, 0.717) is 5.82 Å². The van der Waals surface area contributed by atoms with Crippen LogP contribution in [0.25, 0.3) is 21.8 Å². The first kappa shape index (κ1) is 18.4. The Morgan fingerprint density at radius 2 is 1.97 bits per heavy atom. The van der Waals surface area contributed by atoms with Gasteiger partial charge in [-0.05, 0) is 31.9 Å². The lowest BCUT2D eigenvalue weighted by Crippen LogP contribution is -1.98. The van der Waals surface area contributed by atoms with Crippen LogP contribution in [0.2, 0.25) is 0 Å². The highest BCUT2D eigenvalue weighted by Gasteiger charge is 2.19. The van der Waals surface area contributed by atoms with Gasteiger partial charge in [0.1, 0.15) is 6.33 Å². The molecule has 0 unspecified atom stereocenters. The zero-order valence-electron chi connectivity index (χ0n) is 16.8. The molecular formula is C21H19N7OS. The molecule has 0 saturated heterocycles. The summed E-state index contributed by atoms with van der Waals surface area (Å²) < 4.78 is 3.75. The number of fused-ring (bicyclic) bond motifs is 3. The smallest absolute Gasteiger partial charge is 0.195 e. The molecule has 0 aliphatic carbocycles. The third kappa shape index (κ3) is 3.03. The Labute approximate surface area is 176 Å². The summed E-state index contributed by atoms with van der Waals surface area (Å²) in [5.41, 5.74) is 5.58. The maximum atomic E-state index is 5.51. The molecule has 0 aliphatic rings. The van der Waals surface area contributed by atoms with E-state index in [1.54, 1.807) is 28.4 Å². The molecule has 0 fully saturated rings. The van der Waals surface area contributed by atoms with Gasteiger partial charge in [-0.25, -0.2) is 19.5 Å². The average Bonchev–Trinajstić information content (AvgIpc) is 3.48. The molecule has 0 atom stereocenters. The largest absolute Gasteiger partial charge is 0.387 e. The number of nitrogens with zero attached hydrogens (tertiary/aromatic N) is 7. The molecule has 30 heavy (non-hydrogen) atoms. The van der Waals surface area contributed by atoms with Crippen molar-refractivity contribution in [1.29, 1.82) is 0 Å². The van der Waals surface area contributed by atoms with Crippen molar-refractivity contribution in [2.24, 2.45) is 5.16 Å². The SMILES string of the molecule is C/C(=N/OCc1nc2c3c(C)c(C)n(-c4nccs4)c3ncn2n1)c1ccccc1. The highest BCUT2D eigenvalue weighted by Crippen LogP contribution is 2.30. The lowest BCUT2D eigenvalue weighted by Gasteiger charge is -2.02. The molecule has 0 bridgehead atoms. The van der Waals surface area contributed by atoms with Crippen LogP contribution in [-0.2, 0) is 11.4 Å². The van der Waals surface area contributed by atoms with E-state index in [2.05, 4.69) is 38.6 Å². The molecule has 0 radical (unpaired) electrons. The first-order valence-corrected chi connectivity index (χ1v) is 10.3. The molecule has 0 amide bonds. The van der Waals surface area contributed by atoms with E-state index >= 15 is 0 Å². The van der Waals surface area contributed by atoms with Gasteiger partial charge >= 0.3 is 0 Å². The van der Waals surface area contributed by atoms with E-state index < -0.39 is 0 Å². The fourth-order valence-electron chi connectivity index (χ4n) is 3.45. The van der Waals surface area contributed by atoms with Crippen LogP contribution in [0.1, 0.15) is 29.6 Å². The molecule has 9 heteroatoms. The van der Waals surface area contributed by atoms with E-state index in [1.165, 1.54) is 0 Å². The third-order valence-corrected chi connectivity index (χ3v) is 5.83. The van der Waals surface area contributed by atoms with Crippen molar-refractivity contribution in [3.05, 3.63) is 70.9 Å². The first-order valence-electron chi connectivity index (χ1n) is 9.47. The van der Waals surface area contributed by atoms with E-state index in [4.69, 9.17) is 9.82 Å². The van der Waals surface area contributed by atoms with E-state index in [9.17, 15) is 0 Å². The van der Waals surface area contributed by atoms with Crippen LogP contribution in [0.3, 0.4) is 0 Å². The Morgan fingerprint density at radius 3 is 2.73 bits per heavy atom. The van der Waals surface area contributed by atoms with Crippen LogP contribution in [0.5, 0.6) is 0 Å². The van der Waals surface area contributed by atoms with Crippen molar-refractivity contribution >= 4 is 33.7 Å². The summed E-state index contributed by atoms with van der Waals surface area (Å²) in [6.07, 6.45) is 3.47. The molecule has 4 aromatic heterocycles. The molecule has 5 aromatic rings. The van der Waals surface area contributed by atoms with Crippen molar-refractivity contribution in [2.75, 3.05) is 0 Å². The Bertz CT molecular complexity index is 1370. The highest BCUT2D eigenvalue weighted by molar-refractivity contribution is 7.12. The van der Waals surface area contributed by atoms with Gasteiger partial charge in [0.25, 0.3) is 0 Å². The molecular weight excluding hydrogens is 398 g/mol. The van der Waals surface area contributed by atoms with Crippen molar-refractivity contribution in [2.45, 2.75) is 27.4 Å². The summed E-state index contributed by atoms with van der Waals surface area (Å²) in [7, 11) is 0. The van der Waals surface area contributed by atoms with E-state index in [0.717, 1.165) is 44.3 Å². The number of oxime groups is 1. The average molecular weight is 417 g/mol. The predicted octanol–water partition coefficient (Wildman–Crippen LogP) is 4.08. The van der Waals surface area contributed by atoms with Crippen LogP contribution in [0, 0.1) is 13.8 Å². The molecule has 8 nitrogen and oxygen atoms in total. The quantitative estimate of drug-likeness (QED) is 0.318. The van der Waals surface area contributed by atoms with Gasteiger partial charge in [-0.15, -0.1) is 16.4 Å². The van der Waals surface area contributed by atoms with Gasteiger partial charge in [0, 0.05) is 17.3 Å². The van der Waals surface area contributed by atoms with Crippen LogP contribution in [0.4, 0.5) is 0 Å². The second kappa shape index (κ2) is 7.34. The van der Waals surface area contributed by atoms with Gasteiger partial charge in [0.2, 0.25) is 0 Å². The van der Waals surface area contributed by atoms with Crippen molar-refractivity contribution < 1.29 is 4.84 Å². The summed E-state index contributed by atoms with van der Waals surface area (Å²) in [4.78, 5) is 19.3. The normalized spacial score (nSPS) is 12.2. The molecule has 0 spiro atoms. The number of benzene rings is 1. The van der Waals surface area contributed by atoms with E-state index in [1.807, 2.05) is 42.6 Å². The first-order chi connectivity index (χ1) is 14.6. The third-order valence-electron chi connectivity index (χ3n) is 5.07. The summed E-state index contributed by atoms with van der Waals surface area (Å²) in [5, 5.41) is 12.5. The summed E-state index contributed by atoms with van der Waals surface area (Å²) >= 11 is 1.58. The maximum absolute atomic E-state index is 5.51. The molecule has 0 N–H and O–H groups in total. The standard InChI is InChI=1S/C21H19N7OS/c1-13-15(3)28(21-22-9-10-30-21)19-18(13)20-24-17(25-27(20)12-23-19)11-29-26-14(2)16-7-5-4-6-8-16/h4-10,12H,11H2,1-3H3/b26-14-. The molecule has 150 valence electrons. The number of aromatic nitrogens is 6. The summed E-state index contributed by atoms with van der Waals surface area (Å²) in [6, 6.07) is 9.90. The van der Waals surface area contributed by atoms with Gasteiger partial charge in [-0.3, -0.25) is 4.57 Å². The molecule has 4 heterocycles. The van der Waals surface area contributed by atoms with Gasteiger partial charge < -0.3 is 4.84 Å². The van der Waals surface area contributed by atoms with Gasteiger partial charge in [-0.1, -0.05) is 35.5 Å². The van der Waals surface area contributed by atoms with Crippen LogP contribution >= 0.6 is 11.3 Å². The maximum Gasteiger partial charge on any atom is 0.195 e. The second-order valence-electron chi connectivity index (χ2n) is 6.92. The minimum Gasteiger partial charge on any atom is -0.387 e. The van der Waals surface area contributed by atoms with Crippen LogP contribution < -0.4 is 0 Å². The predicted molar refractivity (Wildman–Crippen MR) is 116 cm³/mol. The summed E-state index contributed by atoms with van der Waals surface area (Å²) in [6.45, 7) is 6.23. The fourth-order valence-corrected chi connectivity index (χ4v) is 4.14. The number of hydrogen-bond acceptors (Lipinski definition) is 7. The fraction of sp³-hybridized carbons (Fsp3) is 0.190. The Kier molecular flexibility index (Phi) is 4.51. The Hall–Kier alpha value is -3.59. The number of thiazole rings is 1. The lowest BCUT2D eigenvalue weighted by molar-refractivity contribution is 0.125. The second-order valence-corrected chi connectivity index (χ2v) is 7.79. The van der Waals surface area contributed by atoms with Crippen molar-refractivity contribution in [1.82, 2.24) is 29.1 Å². The minimum absolute atomic E-state index is 0.179. The lowest BCUT2D eigenvalue weighted by atomic mass is 10.1. The van der Waals surface area contributed by atoms with Gasteiger partial charge in [0.05, 0.1) is 11.1 Å². The highest BCUT2D eigenvalue weighted by atomic mass is 32.1. The molecule has 0 saturated carbocycles. The number of rotatable bonds is 5. The zero-order chi connectivity index (χ0) is 20.7. The summed E-state index contributed by atoms with van der Waals surface area (Å²) in [5.74, 6) is 0.549. The van der Waals surface area contributed by atoms with Gasteiger partial charge in [-0.2, -0.15) is 0 Å². The zero-order valence-corrected chi connectivity index (χ0v) is 17.6. The molecule has 0 aliphatic heterocycles. The monoisotopic (exact) mass is 417 g/mol. The van der Waals surface area contributed by atoms with Crippen molar-refractivity contribution in [3.8, 4) is 5.13 Å². The van der Waals surface area contributed by atoms with Crippen LogP contribution in [0.15, 0.2) is 53.4 Å². The molecule has 5 rings (SSSR count). The van der Waals surface area contributed by atoms with E-state index in [-0.39, 0.29) is 6.61 Å². The van der Waals surface area contributed by atoms with Gasteiger partial charge in [0.15, 0.2) is 28.9 Å². The van der Waals surface area contributed by atoms with Crippen molar-refractivity contribution in [3.63, 3.8) is 0 Å². The number of aryl methyl sites for hydroxylation is 1. The topological polar surface area (TPSA) is 82.5 Å². The number of hydrogen-bond donors (Lipinski definition) is 0. The molecule has 1 aromatic carbocycles. The van der Waals surface area contributed by atoms with Crippen LogP contribution in [-0.4, -0.2) is 34.8 Å². The Morgan fingerprint density at radius 1 is 1.13 bits per heavy atom.